The number of rotatable bonds is 12. The Bertz CT molecular complexity index is 2180. The molecule has 0 bridgehead atoms. The molecule has 1 aliphatic rings. The summed E-state index contributed by atoms with van der Waals surface area (Å²) in [6, 6.07) is 26.3. The molecule has 0 atom stereocenters. The molecule has 0 spiro atoms. The lowest BCUT2D eigenvalue weighted by Crippen LogP contribution is -2.35. The number of carboxylic acid groups (broad SMARTS) is 1. The van der Waals surface area contributed by atoms with Crippen molar-refractivity contribution in [2.75, 3.05) is 19.0 Å². The van der Waals surface area contributed by atoms with Gasteiger partial charge in [-0.2, -0.15) is 13.2 Å². The second-order valence-corrected chi connectivity index (χ2v) is 13.1. The molecule has 54 heavy (non-hydrogen) atoms. The number of nitrogens with one attached hydrogen (secondary N) is 1. The minimum atomic E-state index is -4.69. The molecule has 0 saturated heterocycles. The summed E-state index contributed by atoms with van der Waals surface area (Å²) in [5, 5.41) is 12.1. The van der Waals surface area contributed by atoms with Gasteiger partial charge in [-0.3, -0.25) is 14.4 Å². The second-order valence-electron chi connectivity index (χ2n) is 13.1. The van der Waals surface area contributed by atoms with Crippen LogP contribution in [0.3, 0.4) is 0 Å². The summed E-state index contributed by atoms with van der Waals surface area (Å²) in [5.74, 6) is -1.87. The average Bonchev–Trinajstić information content (AvgIpc) is 3.67. The van der Waals surface area contributed by atoms with Crippen LogP contribution in [-0.4, -0.2) is 46.4 Å². The van der Waals surface area contributed by atoms with Crippen LogP contribution in [0.2, 0.25) is 0 Å². The number of carboxylic acids is 1. The standard InChI is InChI=1S/C42H36F3N3O6/c1-41(20-18-29(19-21-41)28-6-4-3-5-7-28)36-26-54-39(47-36)30-10-8-27(9-11-30)24-48(25-38(50)51)40(52)31-12-15-33(16-13-31)46-37(49)22-32-14-17-34(53-2)23-35(32)42(43,44)45/h3-21,23,26,29H,22,24-25H2,1-2H3,(H,46,49)(H,50,51). The fourth-order valence-corrected chi connectivity index (χ4v) is 6.14. The van der Waals surface area contributed by atoms with Crippen LogP contribution in [-0.2, 0) is 34.1 Å². The number of benzene rings is 4. The van der Waals surface area contributed by atoms with E-state index in [1.54, 1.807) is 30.5 Å². The van der Waals surface area contributed by atoms with E-state index in [2.05, 4.69) is 48.7 Å². The molecular formula is C42H36F3N3O6. The van der Waals surface area contributed by atoms with Crippen LogP contribution < -0.4 is 10.1 Å². The third kappa shape index (κ3) is 8.77. The number of halogens is 3. The third-order valence-electron chi connectivity index (χ3n) is 9.12. The largest absolute Gasteiger partial charge is 0.497 e. The van der Waals surface area contributed by atoms with Crippen LogP contribution >= 0.6 is 0 Å². The Labute approximate surface area is 309 Å². The minimum absolute atomic E-state index is 0.0126. The number of carbonyl (C=O) groups excluding carboxylic acids is 2. The molecule has 276 valence electrons. The Morgan fingerprint density at radius 1 is 0.944 bits per heavy atom. The molecule has 0 radical (unpaired) electrons. The Kier molecular flexibility index (Phi) is 10.8. The van der Waals surface area contributed by atoms with Gasteiger partial charge in [-0.1, -0.05) is 72.8 Å². The monoisotopic (exact) mass is 735 g/mol. The quantitative estimate of drug-likeness (QED) is 0.123. The molecular weight excluding hydrogens is 699 g/mol. The Morgan fingerprint density at radius 3 is 2.26 bits per heavy atom. The SMILES string of the molecule is COc1ccc(CC(=O)Nc2ccc(C(=O)N(CC(=O)O)Cc3ccc(-c4nc(C5(C)C=CC(c6ccccc6)C=C5)co4)cc3)cc2)c(C(F)(F)F)c1. The summed E-state index contributed by atoms with van der Waals surface area (Å²) in [6.07, 6.45) is 4.94. The number of amides is 2. The summed E-state index contributed by atoms with van der Waals surface area (Å²) in [4.78, 5) is 43.7. The predicted octanol–water partition coefficient (Wildman–Crippen LogP) is 8.44. The number of aliphatic carboxylic acids is 1. The Morgan fingerprint density at radius 2 is 1.63 bits per heavy atom. The molecule has 1 heterocycles. The number of hydrogen-bond donors (Lipinski definition) is 2. The van der Waals surface area contributed by atoms with Gasteiger partial charge in [0, 0.05) is 34.7 Å². The molecule has 9 nitrogen and oxygen atoms in total. The zero-order valence-electron chi connectivity index (χ0n) is 29.3. The summed E-state index contributed by atoms with van der Waals surface area (Å²) in [5.41, 5.74) is 2.06. The van der Waals surface area contributed by atoms with E-state index in [0.29, 0.717) is 17.0 Å². The van der Waals surface area contributed by atoms with Gasteiger partial charge >= 0.3 is 12.1 Å². The normalized spacial score (nSPS) is 16.5. The number of ether oxygens (including phenoxy) is 1. The zero-order valence-corrected chi connectivity index (χ0v) is 29.3. The highest BCUT2D eigenvalue weighted by atomic mass is 19.4. The number of anilines is 1. The van der Waals surface area contributed by atoms with Crippen molar-refractivity contribution in [3.8, 4) is 17.2 Å². The van der Waals surface area contributed by atoms with E-state index in [1.807, 2.05) is 18.2 Å². The number of allylic oxidation sites excluding steroid dienone is 4. The van der Waals surface area contributed by atoms with Crippen molar-refractivity contribution in [2.45, 2.75) is 37.4 Å². The number of aromatic nitrogens is 1. The fourth-order valence-electron chi connectivity index (χ4n) is 6.14. The maximum Gasteiger partial charge on any atom is 0.416 e. The van der Waals surface area contributed by atoms with Gasteiger partial charge in [-0.25, -0.2) is 4.98 Å². The average molecular weight is 736 g/mol. The fraction of sp³-hybridized carbons (Fsp3) is 0.190. The molecule has 0 unspecified atom stereocenters. The van der Waals surface area contributed by atoms with Crippen molar-refractivity contribution in [3.05, 3.63) is 161 Å². The molecule has 2 N–H and O–H groups in total. The predicted molar refractivity (Wildman–Crippen MR) is 196 cm³/mol. The van der Waals surface area contributed by atoms with Crippen molar-refractivity contribution in [1.29, 1.82) is 0 Å². The van der Waals surface area contributed by atoms with Crippen LogP contribution in [0.25, 0.3) is 11.5 Å². The van der Waals surface area contributed by atoms with Crippen LogP contribution in [0.4, 0.5) is 18.9 Å². The van der Waals surface area contributed by atoms with E-state index >= 15 is 0 Å². The van der Waals surface area contributed by atoms with Crippen LogP contribution in [0.1, 0.15) is 51.1 Å². The number of methoxy groups -OCH3 is 1. The number of alkyl halides is 3. The molecule has 2 amide bonds. The van der Waals surface area contributed by atoms with E-state index in [0.717, 1.165) is 11.8 Å². The molecule has 1 aliphatic carbocycles. The summed E-state index contributed by atoms with van der Waals surface area (Å²) < 4.78 is 51.5. The van der Waals surface area contributed by atoms with Crippen LogP contribution in [0.5, 0.6) is 5.75 Å². The van der Waals surface area contributed by atoms with Gasteiger partial charge in [0.1, 0.15) is 18.6 Å². The van der Waals surface area contributed by atoms with E-state index in [4.69, 9.17) is 14.1 Å². The molecule has 6 rings (SSSR count). The van der Waals surface area contributed by atoms with E-state index < -0.39 is 47.9 Å². The maximum atomic E-state index is 13.6. The third-order valence-corrected chi connectivity index (χ3v) is 9.12. The van der Waals surface area contributed by atoms with Crippen LogP contribution in [0, 0.1) is 0 Å². The number of oxazole rings is 1. The van der Waals surface area contributed by atoms with Gasteiger partial charge in [0.05, 0.1) is 24.8 Å². The zero-order chi connectivity index (χ0) is 38.5. The smallest absolute Gasteiger partial charge is 0.416 e. The maximum absolute atomic E-state index is 13.6. The van der Waals surface area contributed by atoms with Gasteiger partial charge in [0.15, 0.2) is 0 Å². The van der Waals surface area contributed by atoms with Crippen LogP contribution in [0.15, 0.2) is 132 Å². The van der Waals surface area contributed by atoms with E-state index in [9.17, 15) is 32.7 Å². The molecule has 0 aliphatic heterocycles. The van der Waals surface area contributed by atoms with Crippen molar-refractivity contribution in [1.82, 2.24) is 9.88 Å². The highest BCUT2D eigenvalue weighted by Gasteiger charge is 2.34. The number of carbonyl (C=O) groups is 3. The van der Waals surface area contributed by atoms with E-state index in [-0.39, 0.29) is 35.0 Å². The summed E-state index contributed by atoms with van der Waals surface area (Å²) in [7, 11) is 1.25. The van der Waals surface area contributed by atoms with Gasteiger partial charge in [-0.15, -0.1) is 0 Å². The number of hydrogen-bond acceptors (Lipinski definition) is 6. The molecule has 0 saturated carbocycles. The lowest BCUT2D eigenvalue weighted by atomic mass is 9.79. The Balaban J connectivity index is 1.09. The first kappa shape index (κ1) is 37.3. The first-order valence-electron chi connectivity index (χ1n) is 17.0. The van der Waals surface area contributed by atoms with Gasteiger partial charge in [-0.05, 0) is 72.1 Å². The summed E-state index contributed by atoms with van der Waals surface area (Å²) in [6.45, 7) is 1.47. The highest BCUT2D eigenvalue weighted by Crippen LogP contribution is 2.36. The lowest BCUT2D eigenvalue weighted by Gasteiger charge is -2.25. The molecule has 4 aromatic carbocycles. The highest BCUT2D eigenvalue weighted by molar-refractivity contribution is 5.97. The lowest BCUT2D eigenvalue weighted by molar-refractivity contribution is -0.139. The van der Waals surface area contributed by atoms with Crippen molar-refractivity contribution in [2.24, 2.45) is 0 Å². The summed E-state index contributed by atoms with van der Waals surface area (Å²) >= 11 is 0. The molecule has 1 aromatic heterocycles. The van der Waals surface area contributed by atoms with Gasteiger partial charge in [0.2, 0.25) is 11.8 Å². The number of nitrogens with zero attached hydrogens (tertiary/aromatic N) is 2. The van der Waals surface area contributed by atoms with E-state index in [1.165, 1.54) is 54.0 Å². The minimum Gasteiger partial charge on any atom is -0.497 e. The van der Waals surface area contributed by atoms with Crippen molar-refractivity contribution < 1.29 is 41.8 Å². The topological polar surface area (TPSA) is 122 Å². The van der Waals surface area contributed by atoms with Gasteiger partial charge in [0.25, 0.3) is 5.91 Å². The first-order chi connectivity index (χ1) is 25.8. The second kappa shape index (κ2) is 15.7. The van der Waals surface area contributed by atoms with Crippen molar-refractivity contribution in [3.63, 3.8) is 0 Å². The first-order valence-corrected chi connectivity index (χ1v) is 17.0. The molecule has 0 fully saturated rings. The Hall–Kier alpha value is -6.43. The van der Waals surface area contributed by atoms with Gasteiger partial charge < -0.3 is 24.5 Å². The molecule has 5 aromatic rings. The molecule has 12 heteroatoms. The van der Waals surface area contributed by atoms with Crippen molar-refractivity contribution >= 4 is 23.5 Å².